The van der Waals surface area contributed by atoms with Crippen molar-refractivity contribution in [2.75, 3.05) is 26.3 Å². The zero-order valence-electron chi connectivity index (χ0n) is 15.3. The van der Waals surface area contributed by atoms with Gasteiger partial charge in [-0.05, 0) is 42.6 Å². The molecule has 2 aliphatic carbocycles. The number of hydrogen-bond acceptors (Lipinski definition) is 3. The van der Waals surface area contributed by atoms with Crippen LogP contribution in [0.3, 0.4) is 0 Å². The lowest BCUT2D eigenvalue weighted by atomic mass is 9.60. The average molecular weight is 338 g/mol. The van der Waals surface area contributed by atoms with Gasteiger partial charge in [-0.3, -0.25) is 4.90 Å². The van der Waals surface area contributed by atoms with E-state index in [0.29, 0.717) is 5.41 Å². The molecule has 1 aromatic rings. The van der Waals surface area contributed by atoms with Crippen molar-refractivity contribution in [2.24, 2.45) is 11.3 Å². The molecule has 2 saturated carbocycles. The third-order valence-electron chi connectivity index (χ3n) is 6.85. The molecule has 1 spiro atoms. The highest BCUT2D eigenvalue weighted by Crippen LogP contribution is 2.51. The Balaban J connectivity index is 1.09. The fourth-order valence-corrected chi connectivity index (χ4v) is 5.20. The Kier molecular flexibility index (Phi) is 3.99. The van der Waals surface area contributed by atoms with Crippen LogP contribution in [0.5, 0.6) is 0 Å². The van der Waals surface area contributed by atoms with Crippen molar-refractivity contribution in [1.82, 2.24) is 10.2 Å². The smallest absolute Gasteiger partial charge is 0.0645 e. The summed E-state index contributed by atoms with van der Waals surface area (Å²) in [5.41, 5.74) is 3.63. The van der Waals surface area contributed by atoms with Gasteiger partial charge >= 0.3 is 0 Å². The molecule has 4 fully saturated rings. The minimum absolute atomic E-state index is 0.658. The molecule has 5 rings (SSSR count). The second kappa shape index (κ2) is 6.22. The quantitative estimate of drug-likeness (QED) is 0.861. The molecule has 1 N–H and O–H groups in total. The summed E-state index contributed by atoms with van der Waals surface area (Å²) in [6.45, 7) is 6.88. The van der Waals surface area contributed by atoms with Crippen LogP contribution < -0.4 is 5.32 Å². The zero-order chi connectivity index (χ0) is 16.9. The summed E-state index contributed by atoms with van der Waals surface area (Å²) < 4.78 is 5.32. The van der Waals surface area contributed by atoms with E-state index in [1.807, 2.05) is 0 Å². The van der Waals surface area contributed by atoms with Gasteiger partial charge in [-0.2, -0.15) is 0 Å². The Hall–Kier alpha value is -1.16. The summed E-state index contributed by atoms with van der Waals surface area (Å²) in [6, 6.07) is 13.0. The molecule has 2 heterocycles. The van der Waals surface area contributed by atoms with Gasteiger partial charge < -0.3 is 10.1 Å². The summed E-state index contributed by atoms with van der Waals surface area (Å²) in [7, 11) is 0. The SMILES string of the molecule is CC/C(=C\c1ccccc1)[C@@H]1C[C@H]1NC1CC2(C1)CN(C1COC1)C2. The van der Waals surface area contributed by atoms with E-state index in [-0.39, 0.29) is 0 Å². The molecule has 0 bridgehead atoms. The van der Waals surface area contributed by atoms with Gasteiger partial charge in [0.25, 0.3) is 0 Å². The monoisotopic (exact) mass is 338 g/mol. The van der Waals surface area contributed by atoms with Crippen LogP contribution in [0, 0.1) is 11.3 Å². The predicted octanol–water partition coefficient (Wildman–Crippen LogP) is 3.32. The summed E-state index contributed by atoms with van der Waals surface area (Å²) in [5.74, 6) is 0.770. The molecular weight excluding hydrogens is 308 g/mol. The maximum atomic E-state index is 5.32. The lowest BCUT2D eigenvalue weighted by Gasteiger charge is -2.62. The molecule has 2 saturated heterocycles. The van der Waals surface area contributed by atoms with Crippen molar-refractivity contribution >= 4 is 6.08 Å². The van der Waals surface area contributed by atoms with Crippen molar-refractivity contribution in [3.8, 4) is 0 Å². The van der Waals surface area contributed by atoms with E-state index in [9.17, 15) is 0 Å². The highest BCUT2D eigenvalue weighted by Gasteiger charge is 2.55. The first-order chi connectivity index (χ1) is 12.2. The third-order valence-corrected chi connectivity index (χ3v) is 6.85. The standard InChI is InChI=1S/C22H30N2O/c1-2-17(8-16-6-4-3-5-7-16)20-9-21(20)23-18-10-22(11-18)14-24(15-22)19-12-25-13-19/h3-8,18-21,23H,2,9-15H2,1H3/b17-8+/t20-,21+/m0/s1. The second-order valence-corrected chi connectivity index (χ2v) is 8.80. The summed E-state index contributed by atoms with van der Waals surface area (Å²) in [5, 5.41) is 3.95. The van der Waals surface area contributed by atoms with E-state index in [1.165, 1.54) is 44.3 Å². The Labute approximate surface area is 151 Å². The topological polar surface area (TPSA) is 24.5 Å². The zero-order valence-corrected chi connectivity index (χ0v) is 15.3. The molecule has 3 nitrogen and oxygen atoms in total. The molecule has 0 amide bonds. The highest BCUT2D eigenvalue weighted by atomic mass is 16.5. The van der Waals surface area contributed by atoms with E-state index in [4.69, 9.17) is 4.74 Å². The number of rotatable bonds is 6. The van der Waals surface area contributed by atoms with Gasteiger partial charge in [0.15, 0.2) is 0 Å². The van der Waals surface area contributed by atoms with Crippen LogP contribution in [0.4, 0.5) is 0 Å². The van der Waals surface area contributed by atoms with Crippen LogP contribution in [0.25, 0.3) is 6.08 Å². The molecule has 0 aromatic heterocycles. The van der Waals surface area contributed by atoms with Crippen LogP contribution in [0.2, 0.25) is 0 Å². The summed E-state index contributed by atoms with van der Waals surface area (Å²) in [6.07, 6.45) is 7.71. The molecule has 134 valence electrons. The van der Waals surface area contributed by atoms with Gasteiger partial charge in [0, 0.05) is 25.2 Å². The number of nitrogens with zero attached hydrogens (tertiary/aromatic N) is 1. The fraction of sp³-hybridized carbons (Fsp3) is 0.636. The molecule has 2 atom stereocenters. The number of benzene rings is 1. The lowest BCUT2D eigenvalue weighted by Crippen LogP contribution is -2.70. The molecule has 0 radical (unpaired) electrons. The van der Waals surface area contributed by atoms with Gasteiger partial charge in [-0.15, -0.1) is 0 Å². The lowest BCUT2D eigenvalue weighted by molar-refractivity contribution is -0.160. The number of likely N-dealkylation sites (tertiary alicyclic amines) is 1. The van der Waals surface area contributed by atoms with E-state index in [1.54, 1.807) is 5.57 Å². The van der Waals surface area contributed by atoms with Gasteiger partial charge in [0.05, 0.1) is 19.3 Å². The first-order valence-corrected chi connectivity index (χ1v) is 10.1. The molecule has 4 aliphatic rings. The Bertz CT molecular complexity index is 637. The molecule has 1 aromatic carbocycles. The number of ether oxygens (including phenoxy) is 1. The Morgan fingerprint density at radius 2 is 2.00 bits per heavy atom. The summed E-state index contributed by atoms with van der Waals surface area (Å²) >= 11 is 0. The van der Waals surface area contributed by atoms with E-state index >= 15 is 0 Å². The minimum atomic E-state index is 0.658. The van der Waals surface area contributed by atoms with Crippen molar-refractivity contribution in [1.29, 1.82) is 0 Å². The van der Waals surface area contributed by atoms with Crippen molar-refractivity contribution in [3.05, 3.63) is 41.5 Å². The Morgan fingerprint density at radius 3 is 2.64 bits per heavy atom. The van der Waals surface area contributed by atoms with Crippen LogP contribution in [-0.4, -0.2) is 49.3 Å². The van der Waals surface area contributed by atoms with Gasteiger partial charge in [0.1, 0.15) is 0 Å². The van der Waals surface area contributed by atoms with Gasteiger partial charge in [-0.25, -0.2) is 0 Å². The largest absolute Gasteiger partial charge is 0.378 e. The number of nitrogens with one attached hydrogen (secondary N) is 1. The van der Waals surface area contributed by atoms with Crippen LogP contribution in [0.1, 0.15) is 38.2 Å². The fourth-order valence-electron chi connectivity index (χ4n) is 5.20. The predicted molar refractivity (Wildman–Crippen MR) is 101 cm³/mol. The van der Waals surface area contributed by atoms with Gasteiger partial charge in [-0.1, -0.05) is 48.9 Å². The van der Waals surface area contributed by atoms with Crippen LogP contribution in [-0.2, 0) is 4.74 Å². The van der Waals surface area contributed by atoms with Crippen molar-refractivity contribution in [2.45, 2.75) is 50.7 Å². The first kappa shape index (κ1) is 16.0. The number of hydrogen-bond donors (Lipinski definition) is 1. The normalized spacial score (nSPS) is 32.1. The minimum Gasteiger partial charge on any atom is -0.378 e. The van der Waals surface area contributed by atoms with E-state index < -0.39 is 0 Å². The maximum absolute atomic E-state index is 5.32. The highest BCUT2D eigenvalue weighted by molar-refractivity contribution is 5.54. The van der Waals surface area contributed by atoms with Crippen LogP contribution in [0.15, 0.2) is 35.9 Å². The van der Waals surface area contributed by atoms with E-state index in [0.717, 1.165) is 37.3 Å². The third kappa shape index (κ3) is 3.07. The van der Waals surface area contributed by atoms with Gasteiger partial charge in [0.2, 0.25) is 0 Å². The molecule has 2 aliphatic heterocycles. The second-order valence-electron chi connectivity index (χ2n) is 8.80. The van der Waals surface area contributed by atoms with Crippen molar-refractivity contribution in [3.63, 3.8) is 0 Å². The molecular formula is C22H30N2O. The first-order valence-electron chi connectivity index (χ1n) is 10.1. The Morgan fingerprint density at radius 1 is 1.24 bits per heavy atom. The maximum Gasteiger partial charge on any atom is 0.0645 e. The van der Waals surface area contributed by atoms with Crippen LogP contribution >= 0.6 is 0 Å². The molecule has 25 heavy (non-hydrogen) atoms. The molecule has 3 heteroatoms. The van der Waals surface area contributed by atoms with Crippen molar-refractivity contribution < 1.29 is 4.74 Å². The summed E-state index contributed by atoms with van der Waals surface area (Å²) in [4.78, 5) is 2.64. The average Bonchev–Trinajstić information content (AvgIpc) is 3.26. The molecule has 0 unspecified atom stereocenters. The van der Waals surface area contributed by atoms with E-state index in [2.05, 4.69) is 53.5 Å².